The number of unbranched alkanes of at least 4 members (excludes halogenated alkanes) is 1. The molecule has 1 saturated heterocycles. The number of benzene rings is 1. The number of likely N-dealkylation sites (tertiary alicyclic amines) is 1. The number of guanidine groups is 1. The molecule has 1 aliphatic heterocycles. The van der Waals surface area contributed by atoms with Crippen LogP contribution >= 0.6 is 0 Å². The minimum absolute atomic E-state index is 0.00735. The molecule has 1 unspecified atom stereocenters. The number of nitrogens with one attached hydrogen (secondary N) is 1. The van der Waals surface area contributed by atoms with Crippen molar-refractivity contribution in [2.24, 2.45) is 28.7 Å². The number of likely N-dealkylation sites (N-methyl/N-ethyl adjacent to an activating group) is 1. The summed E-state index contributed by atoms with van der Waals surface area (Å²) in [5.41, 5.74) is 0.806. The van der Waals surface area contributed by atoms with E-state index in [-0.39, 0.29) is 54.4 Å². The Morgan fingerprint density at radius 3 is 2.07 bits per heavy atom. The number of nitrogens with zero attached hydrogens (tertiary/aromatic N) is 5. The van der Waals surface area contributed by atoms with E-state index in [0.29, 0.717) is 38.2 Å². The highest BCUT2D eigenvalue weighted by molar-refractivity contribution is 7.90. The molecule has 0 bridgehead atoms. The number of hydrogen-bond donors (Lipinski definition) is 1. The van der Waals surface area contributed by atoms with E-state index in [1.54, 1.807) is 30.9 Å². The fourth-order valence-corrected chi connectivity index (χ4v) is 9.24. The molecule has 2 rings (SSSR count). The van der Waals surface area contributed by atoms with Crippen LogP contribution in [-0.4, -0.2) is 150 Å². The Hall–Kier alpha value is -3.56. The lowest BCUT2D eigenvalue weighted by Gasteiger charge is -2.40. The first-order valence-electron chi connectivity index (χ1n) is 20.9. The third-order valence-electron chi connectivity index (χ3n) is 11.5. The molecule has 1 aromatic rings. The van der Waals surface area contributed by atoms with Crippen molar-refractivity contribution in [1.82, 2.24) is 24.3 Å². The van der Waals surface area contributed by atoms with Crippen molar-refractivity contribution in [3.05, 3.63) is 35.9 Å². The van der Waals surface area contributed by atoms with Gasteiger partial charge in [0.2, 0.25) is 27.7 Å². The van der Waals surface area contributed by atoms with Crippen molar-refractivity contribution in [1.29, 1.82) is 0 Å². The highest BCUT2D eigenvalue weighted by atomic mass is 32.2. The molecule has 1 aliphatic rings. The van der Waals surface area contributed by atoms with Crippen LogP contribution in [0.5, 0.6) is 0 Å². The third-order valence-corrected chi connectivity index (χ3v) is 12.8. The van der Waals surface area contributed by atoms with Crippen molar-refractivity contribution in [2.75, 3.05) is 61.8 Å². The summed E-state index contributed by atoms with van der Waals surface area (Å²) in [5.74, 6) is -2.51. The van der Waals surface area contributed by atoms with Crippen LogP contribution in [-0.2, 0) is 45.1 Å². The number of carbonyl (C=O) groups is 4. The smallest absolute Gasteiger partial charge is 0.247 e. The number of Topliss-reactive ketones (excluding diaryl/α,β-unsaturated/α-hetero) is 1. The predicted molar refractivity (Wildman–Crippen MR) is 230 cm³/mol. The summed E-state index contributed by atoms with van der Waals surface area (Å²) in [5, 5.41) is 0. The Bertz CT molecular complexity index is 1590. The maximum absolute atomic E-state index is 14.3. The number of ether oxygens (including phenoxy) is 2. The van der Waals surface area contributed by atoms with Crippen LogP contribution in [0.15, 0.2) is 35.3 Å². The van der Waals surface area contributed by atoms with Gasteiger partial charge in [-0.25, -0.2) is 13.4 Å². The molecule has 1 heterocycles. The molecule has 58 heavy (non-hydrogen) atoms. The van der Waals surface area contributed by atoms with Crippen LogP contribution in [0.4, 0.5) is 0 Å². The molecular weight excluding hydrogens is 761 g/mol. The summed E-state index contributed by atoms with van der Waals surface area (Å²) in [6, 6.07) is 7.70. The second-order valence-electron chi connectivity index (χ2n) is 16.7. The Morgan fingerprint density at radius 1 is 0.931 bits per heavy atom. The Balaban J connectivity index is 2.35. The number of sulfonamides is 1. The van der Waals surface area contributed by atoms with Crippen LogP contribution in [0.25, 0.3) is 0 Å². The van der Waals surface area contributed by atoms with Crippen LogP contribution in [0.3, 0.4) is 0 Å². The fraction of sp³-hybridized carbons (Fsp3) is 0.744. The molecule has 0 aromatic heterocycles. The quantitative estimate of drug-likeness (QED) is 0.123. The fourth-order valence-electron chi connectivity index (χ4n) is 8.00. The van der Waals surface area contributed by atoms with Gasteiger partial charge in [-0.1, -0.05) is 84.7 Å². The third kappa shape index (κ3) is 14.3. The molecule has 1 N–H and O–H groups in total. The normalized spacial score (nSPS) is 18.0. The average Bonchev–Trinajstić information content (AvgIpc) is 3.66. The lowest BCUT2D eigenvalue weighted by atomic mass is 9.85. The molecule has 1 aromatic carbocycles. The predicted octanol–water partition coefficient (Wildman–Crippen LogP) is 4.47. The van der Waals surface area contributed by atoms with Gasteiger partial charge in [0.05, 0.1) is 36.5 Å². The maximum atomic E-state index is 14.3. The van der Waals surface area contributed by atoms with E-state index in [9.17, 15) is 27.6 Å². The van der Waals surface area contributed by atoms with Crippen molar-refractivity contribution in [3.63, 3.8) is 0 Å². The van der Waals surface area contributed by atoms with Gasteiger partial charge in [-0.2, -0.15) is 0 Å². The molecule has 0 radical (unpaired) electrons. The molecule has 0 spiro atoms. The number of rotatable bonds is 23. The van der Waals surface area contributed by atoms with E-state index in [0.717, 1.165) is 12.0 Å². The molecule has 14 nitrogen and oxygen atoms in total. The summed E-state index contributed by atoms with van der Waals surface area (Å²) in [6.07, 6.45) is 1.85. The summed E-state index contributed by atoms with van der Waals surface area (Å²) in [6.45, 7) is 12.1. The zero-order valence-electron chi connectivity index (χ0n) is 37.6. The van der Waals surface area contributed by atoms with E-state index in [2.05, 4.69) is 18.6 Å². The lowest BCUT2D eigenvalue weighted by molar-refractivity contribution is -0.146. The van der Waals surface area contributed by atoms with Crippen LogP contribution in [0.2, 0.25) is 0 Å². The number of ketones is 1. The molecule has 0 saturated carbocycles. The van der Waals surface area contributed by atoms with Gasteiger partial charge >= 0.3 is 0 Å². The molecular formula is C43H74N6O8S. The molecule has 15 heteroatoms. The highest BCUT2D eigenvalue weighted by Crippen LogP contribution is 2.31. The van der Waals surface area contributed by atoms with Gasteiger partial charge in [0.15, 0.2) is 5.96 Å². The Kier molecular flexibility index (Phi) is 20.8. The number of methoxy groups -OCH3 is 2. The van der Waals surface area contributed by atoms with Crippen molar-refractivity contribution in [3.8, 4) is 0 Å². The SMILES string of the molecule is CCCCS(=O)(=O)NC(=O)[C@@H](CC(=O)[C@H](C)[C@@H](OC)[C@@H]1CCCN1C(=O)C[C@@H](OC)C([C@@H](C)CC)N(C)C(=O)[C@@H](N=C(N(C)C)N(C)C)C(C)C)Cc1ccccc1. The number of carbonyl (C=O) groups excluding carboxylic acids is 4. The molecule has 0 aliphatic carbocycles. The first-order chi connectivity index (χ1) is 27.2. The largest absolute Gasteiger partial charge is 0.379 e. The van der Waals surface area contributed by atoms with E-state index < -0.39 is 58.1 Å². The summed E-state index contributed by atoms with van der Waals surface area (Å²) in [7, 11) is 8.55. The van der Waals surface area contributed by atoms with Gasteiger partial charge in [-0.3, -0.25) is 23.9 Å². The minimum atomic E-state index is -3.86. The number of aliphatic imine (C=N–C) groups is 1. The number of amides is 3. The van der Waals surface area contributed by atoms with Gasteiger partial charge in [0, 0.05) is 74.3 Å². The van der Waals surface area contributed by atoms with E-state index in [1.165, 1.54) is 7.11 Å². The van der Waals surface area contributed by atoms with E-state index in [4.69, 9.17) is 14.5 Å². The topological polar surface area (TPSA) is 158 Å². The van der Waals surface area contributed by atoms with Crippen molar-refractivity contribution in [2.45, 2.75) is 123 Å². The monoisotopic (exact) mass is 835 g/mol. The minimum Gasteiger partial charge on any atom is -0.379 e. The van der Waals surface area contributed by atoms with Crippen LogP contribution in [0.1, 0.15) is 92.1 Å². The highest BCUT2D eigenvalue weighted by Gasteiger charge is 2.43. The lowest BCUT2D eigenvalue weighted by Crippen LogP contribution is -2.55. The van der Waals surface area contributed by atoms with E-state index >= 15 is 0 Å². The van der Waals surface area contributed by atoms with Gasteiger partial charge in [-0.15, -0.1) is 0 Å². The molecule has 3 amide bonds. The maximum Gasteiger partial charge on any atom is 0.247 e. The zero-order valence-corrected chi connectivity index (χ0v) is 38.4. The van der Waals surface area contributed by atoms with Crippen molar-refractivity contribution >= 4 is 39.5 Å². The first-order valence-corrected chi connectivity index (χ1v) is 22.5. The van der Waals surface area contributed by atoms with Crippen LogP contribution < -0.4 is 4.72 Å². The second-order valence-corrected chi connectivity index (χ2v) is 18.5. The van der Waals surface area contributed by atoms with E-state index in [1.807, 2.05) is 89.1 Å². The average molecular weight is 835 g/mol. The van der Waals surface area contributed by atoms with Gasteiger partial charge < -0.3 is 29.1 Å². The molecule has 1 fully saturated rings. The molecule has 8 atom stereocenters. The standard InChI is InChI=1S/C43H74N6O8S/c1-14-16-25-58(54,55)45-41(52)33(26-32-21-18-17-19-22-32)27-35(50)31(6)40(57-13)34-23-20-24-49(34)37(51)28-36(56-12)39(30(5)15-2)48(11)42(53)38(29(3)4)44-43(46(7)8)47(9)10/h17-19,21-22,29-31,33-34,36,38-40H,14-16,20,23-28H2,1-13H3,(H,45,52)/t30-,31-,33+,34-,36+,38-,39?,40+/m0/s1. The second kappa shape index (κ2) is 23.9. The van der Waals surface area contributed by atoms with Gasteiger partial charge in [0.25, 0.3) is 0 Å². The van der Waals surface area contributed by atoms with Crippen molar-refractivity contribution < 1.29 is 37.1 Å². The van der Waals surface area contributed by atoms with Gasteiger partial charge in [0.1, 0.15) is 11.8 Å². The summed E-state index contributed by atoms with van der Waals surface area (Å²) in [4.78, 5) is 68.2. The van der Waals surface area contributed by atoms with Gasteiger partial charge in [-0.05, 0) is 43.1 Å². The Labute approximate surface area is 349 Å². The summed E-state index contributed by atoms with van der Waals surface area (Å²) >= 11 is 0. The molecule has 330 valence electrons. The Morgan fingerprint density at radius 2 is 1.55 bits per heavy atom. The van der Waals surface area contributed by atoms with Crippen LogP contribution in [0, 0.1) is 23.7 Å². The first kappa shape index (κ1) is 50.6. The summed E-state index contributed by atoms with van der Waals surface area (Å²) < 4.78 is 39.7. The zero-order chi connectivity index (χ0) is 43.9. The number of hydrogen-bond acceptors (Lipinski definition) is 9.